The molecule has 16 heavy (non-hydrogen) atoms. The van der Waals surface area contributed by atoms with Crippen molar-refractivity contribution in [3.05, 3.63) is 35.9 Å². The summed E-state index contributed by atoms with van der Waals surface area (Å²) in [7, 11) is 0. The maximum atomic E-state index is 10.3. The molecule has 1 aromatic carbocycles. The number of hydrogen-bond donors (Lipinski definition) is 1. The Hall–Kier alpha value is -0.820. The first-order valence-electron chi connectivity index (χ1n) is 6.50. The van der Waals surface area contributed by atoms with Crippen molar-refractivity contribution in [2.75, 3.05) is 0 Å². The van der Waals surface area contributed by atoms with E-state index in [0.717, 1.165) is 5.92 Å². The van der Waals surface area contributed by atoms with Crippen LogP contribution >= 0.6 is 0 Å². The number of rotatable bonds is 4. The number of benzene rings is 1. The van der Waals surface area contributed by atoms with Gasteiger partial charge >= 0.3 is 0 Å². The predicted octanol–water partition coefficient (Wildman–Crippen LogP) is 3.20. The first-order chi connectivity index (χ1) is 7.77. The highest BCUT2D eigenvalue weighted by molar-refractivity contribution is 5.26. The molecule has 1 nitrogen and oxygen atoms in total. The fourth-order valence-electron chi connectivity index (χ4n) is 2.97. The maximum Gasteiger partial charge on any atom is 0.0602 e. The second kappa shape index (κ2) is 3.89. The molecule has 0 radical (unpaired) electrons. The molecular formula is C15H20O. The van der Waals surface area contributed by atoms with Crippen LogP contribution in [0, 0.1) is 17.8 Å². The topological polar surface area (TPSA) is 20.2 Å². The lowest BCUT2D eigenvalue weighted by atomic mass is 9.93. The molecule has 0 amide bonds. The Labute approximate surface area is 97.5 Å². The van der Waals surface area contributed by atoms with Crippen LogP contribution in [-0.2, 0) is 0 Å². The zero-order chi connectivity index (χ0) is 11.1. The van der Waals surface area contributed by atoms with Gasteiger partial charge in [0, 0.05) is 0 Å². The lowest BCUT2D eigenvalue weighted by Gasteiger charge is -2.18. The van der Waals surface area contributed by atoms with Gasteiger partial charge in [0.25, 0.3) is 0 Å². The highest BCUT2D eigenvalue weighted by Gasteiger charge is 2.47. The molecule has 1 aromatic rings. The lowest BCUT2D eigenvalue weighted by molar-refractivity contribution is 0.0823. The third-order valence-corrected chi connectivity index (χ3v) is 4.41. The zero-order valence-electron chi connectivity index (χ0n) is 9.84. The van der Waals surface area contributed by atoms with Crippen molar-refractivity contribution >= 4 is 0 Å². The first kappa shape index (κ1) is 10.3. The summed E-state index contributed by atoms with van der Waals surface area (Å²) in [5, 5.41) is 10.3. The molecule has 0 spiro atoms. The third kappa shape index (κ3) is 1.89. The van der Waals surface area contributed by atoms with Crippen LogP contribution in [0.3, 0.4) is 0 Å². The van der Waals surface area contributed by atoms with Gasteiger partial charge in [0.15, 0.2) is 0 Å². The predicted molar refractivity (Wildman–Crippen MR) is 65.2 cm³/mol. The number of aliphatic hydroxyl groups excluding tert-OH is 1. The minimum absolute atomic E-state index is 0.0716. The van der Waals surface area contributed by atoms with Crippen molar-refractivity contribution in [3.63, 3.8) is 0 Å². The van der Waals surface area contributed by atoms with E-state index >= 15 is 0 Å². The molecule has 0 heterocycles. The van der Waals surface area contributed by atoms with Crippen molar-refractivity contribution < 1.29 is 5.11 Å². The third-order valence-electron chi connectivity index (χ3n) is 4.41. The standard InChI is InChI=1S/C15H20O/c1-10(11-7-8-11)15(16)14-9-13(14)12-5-3-2-4-6-12/h2-6,10-11,13-16H,7-9H2,1H3. The van der Waals surface area contributed by atoms with E-state index in [1.165, 1.54) is 24.8 Å². The minimum Gasteiger partial charge on any atom is -0.393 e. The Kier molecular flexibility index (Phi) is 2.51. The normalized spacial score (nSPS) is 32.1. The second-order valence-electron chi connectivity index (χ2n) is 5.60. The fraction of sp³-hybridized carbons (Fsp3) is 0.600. The van der Waals surface area contributed by atoms with Gasteiger partial charge in [-0.15, -0.1) is 0 Å². The lowest BCUT2D eigenvalue weighted by Crippen LogP contribution is -2.22. The largest absolute Gasteiger partial charge is 0.393 e. The van der Waals surface area contributed by atoms with Gasteiger partial charge in [-0.05, 0) is 48.5 Å². The van der Waals surface area contributed by atoms with Crippen LogP contribution in [0.2, 0.25) is 0 Å². The van der Waals surface area contributed by atoms with Gasteiger partial charge in [0.05, 0.1) is 6.10 Å². The number of hydrogen-bond acceptors (Lipinski definition) is 1. The molecular weight excluding hydrogens is 196 g/mol. The summed E-state index contributed by atoms with van der Waals surface area (Å²) >= 11 is 0. The molecule has 2 fully saturated rings. The average Bonchev–Trinajstić information content (AvgIpc) is 3.19. The molecule has 2 aliphatic rings. The highest BCUT2D eigenvalue weighted by Crippen LogP contribution is 2.53. The van der Waals surface area contributed by atoms with Gasteiger partial charge in [0.1, 0.15) is 0 Å². The Morgan fingerprint density at radius 2 is 1.88 bits per heavy atom. The maximum absolute atomic E-state index is 10.3. The molecule has 0 saturated heterocycles. The van der Waals surface area contributed by atoms with Crippen LogP contribution in [0.4, 0.5) is 0 Å². The Morgan fingerprint density at radius 1 is 1.19 bits per heavy atom. The molecule has 2 aliphatic carbocycles. The van der Waals surface area contributed by atoms with Gasteiger partial charge in [-0.1, -0.05) is 37.3 Å². The number of aliphatic hydroxyl groups is 1. The van der Waals surface area contributed by atoms with Crippen molar-refractivity contribution in [2.45, 2.75) is 38.2 Å². The van der Waals surface area contributed by atoms with Gasteiger partial charge in [0.2, 0.25) is 0 Å². The monoisotopic (exact) mass is 216 g/mol. The molecule has 1 heteroatoms. The molecule has 2 saturated carbocycles. The van der Waals surface area contributed by atoms with E-state index in [2.05, 4.69) is 37.3 Å². The molecule has 0 aromatic heterocycles. The van der Waals surface area contributed by atoms with Crippen LogP contribution < -0.4 is 0 Å². The molecule has 4 atom stereocenters. The summed E-state index contributed by atoms with van der Waals surface area (Å²) in [6.45, 7) is 2.22. The van der Waals surface area contributed by atoms with Crippen LogP contribution in [0.1, 0.15) is 37.7 Å². The van der Waals surface area contributed by atoms with Crippen LogP contribution in [-0.4, -0.2) is 11.2 Å². The van der Waals surface area contributed by atoms with Crippen LogP contribution in [0.15, 0.2) is 30.3 Å². The summed E-state index contributed by atoms with van der Waals surface area (Å²) in [6.07, 6.45) is 3.78. The molecule has 86 valence electrons. The van der Waals surface area contributed by atoms with Crippen LogP contribution in [0.5, 0.6) is 0 Å². The Balaban J connectivity index is 1.63. The molecule has 4 unspecified atom stereocenters. The second-order valence-corrected chi connectivity index (χ2v) is 5.60. The summed E-state index contributed by atoms with van der Waals surface area (Å²) in [6, 6.07) is 10.6. The Morgan fingerprint density at radius 3 is 2.50 bits per heavy atom. The van der Waals surface area contributed by atoms with E-state index in [9.17, 15) is 5.11 Å². The fourth-order valence-corrected chi connectivity index (χ4v) is 2.97. The van der Waals surface area contributed by atoms with Gasteiger partial charge < -0.3 is 5.11 Å². The quantitative estimate of drug-likeness (QED) is 0.819. The highest BCUT2D eigenvalue weighted by atomic mass is 16.3. The van der Waals surface area contributed by atoms with Crippen molar-refractivity contribution in [1.82, 2.24) is 0 Å². The zero-order valence-corrected chi connectivity index (χ0v) is 9.84. The van der Waals surface area contributed by atoms with Gasteiger partial charge in [-0.2, -0.15) is 0 Å². The van der Waals surface area contributed by atoms with Gasteiger partial charge in [-0.25, -0.2) is 0 Å². The SMILES string of the molecule is CC(C1CC1)C(O)C1CC1c1ccccc1. The summed E-state index contributed by atoms with van der Waals surface area (Å²) in [5.41, 5.74) is 1.41. The molecule has 0 aliphatic heterocycles. The smallest absolute Gasteiger partial charge is 0.0602 e. The van der Waals surface area contributed by atoms with Crippen molar-refractivity contribution in [2.24, 2.45) is 17.8 Å². The summed E-state index contributed by atoms with van der Waals surface area (Å²) in [5.74, 6) is 2.47. The van der Waals surface area contributed by atoms with Crippen molar-refractivity contribution in [1.29, 1.82) is 0 Å². The van der Waals surface area contributed by atoms with Gasteiger partial charge in [-0.3, -0.25) is 0 Å². The van der Waals surface area contributed by atoms with E-state index in [4.69, 9.17) is 0 Å². The van der Waals surface area contributed by atoms with E-state index in [1.54, 1.807) is 0 Å². The minimum atomic E-state index is -0.0716. The average molecular weight is 216 g/mol. The van der Waals surface area contributed by atoms with E-state index in [-0.39, 0.29) is 6.10 Å². The molecule has 0 bridgehead atoms. The van der Waals surface area contributed by atoms with E-state index in [1.807, 2.05) is 0 Å². The van der Waals surface area contributed by atoms with Crippen LogP contribution in [0.25, 0.3) is 0 Å². The van der Waals surface area contributed by atoms with E-state index in [0.29, 0.717) is 17.8 Å². The summed E-state index contributed by atoms with van der Waals surface area (Å²) < 4.78 is 0. The van der Waals surface area contributed by atoms with Crippen molar-refractivity contribution in [3.8, 4) is 0 Å². The molecule has 1 N–H and O–H groups in total. The summed E-state index contributed by atoms with van der Waals surface area (Å²) in [4.78, 5) is 0. The van der Waals surface area contributed by atoms with E-state index < -0.39 is 0 Å². The Bertz CT molecular complexity index is 355. The molecule has 3 rings (SSSR count). The first-order valence-corrected chi connectivity index (χ1v) is 6.50.